The number of hydrogen-bond donors (Lipinski definition) is 1. The second-order valence-electron chi connectivity index (χ2n) is 8.30. The van der Waals surface area contributed by atoms with Gasteiger partial charge in [-0.1, -0.05) is 19.1 Å². The Morgan fingerprint density at radius 2 is 1.71 bits per heavy atom. The smallest absolute Gasteiger partial charge is 0.416 e. The maximum atomic E-state index is 12.7. The number of rotatable bonds is 8. The van der Waals surface area contributed by atoms with E-state index in [-0.39, 0.29) is 12.0 Å². The predicted molar refractivity (Wildman–Crippen MR) is 133 cm³/mol. The van der Waals surface area contributed by atoms with E-state index in [2.05, 4.69) is 29.3 Å². The van der Waals surface area contributed by atoms with Gasteiger partial charge in [-0.25, -0.2) is 0 Å². The van der Waals surface area contributed by atoms with Crippen molar-refractivity contribution in [3.8, 4) is 5.75 Å². The maximum absolute atomic E-state index is 12.7. The molecular formula is C27H27F3N2O2S. The lowest BCUT2D eigenvalue weighted by atomic mass is 10.1. The summed E-state index contributed by atoms with van der Waals surface area (Å²) in [5, 5.41) is 2.95. The monoisotopic (exact) mass is 500 g/mol. The average molecular weight is 501 g/mol. The number of anilines is 1. The number of hydrogen-bond acceptors (Lipinski definition) is 4. The van der Waals surface area contributed by atoms with Crippen LogP contribution in [0, 0.1) is 0 Å². The highest BCUT2D eigenvalue weighted by Crippen LogP contribution is 2.31. The molecule has 1 heterocycles. The van der Waals surface area contributed by atoms with Crippen LogP contribution in [0.15, 0.2) is 77.7 Å². The molecule has 1 amide bonds. The van der Waals surface area contributed by atoms with Crippen molar-refractivity contribution in [3.05, 3.63) is 89.5 Å². The molecule has 0 saturated carbocycles. The zero-order valence-electron chi connectivity index (χ0n) is 19.3. The van der Waals surface area contributed by atoms with Gasteiger partial charge in [-0.2, -0.15) is 13.2 Å². The minimum atomic E-state index is -4.36. The van der Waals surface area contributed by atoms with E-state index in [1.54, 1.807) is 23.9 Å². The summed E-state index contributed by atoms with van der Waals surface area (Å²) >= 11 is 1.78. The number of alkyl halides is 3. The largest absolute Gasteiger partial charge is 0.489 e. The van der Waals surface area contributed by atoms with Crippen molar-refractivity contribution in [3.63, 3.8) is 0 Å². The number of carbonyl (C=O) groups excluding carboxylic acids is 1. The van der Waals surface area contributed by atoms with Gasteiger partial charge in [0.25, 0.3) is 5.91 Å². The van der Waals surface area contributed by atoms with E-state index in [4.69, 9.17) is 4.74 Å². The fraction of sp³-hybridized carbons (Fsp3) is 0.296. The lowest BCUT2D eigenvalue weighted by molar-refractivity contribution is -0.137. The molecule has 184 valence electrons. The summed E-state index contributed by atoms with van der Waals surface area (Å²) < 4.78 is 44.1. The Morgan fingerprint density at radius 3 is 2.34 bits per heavy atom. The quantitative estimate of drug-likeness (QED) is 0.363. The van der Waals surface area contributed by atoms with Crippen molar-refractivity contribution in [1.29, 1.82) is 0 Å². The summed E-state index contributed by atoms with van der Waals surface area (Å²) in [5.41, 5.74) is 1.92. The Bertz CT molecular complexity index is 1120. The lowest BCUT2D eigenvalue weighted by Crippen LogP contribution is -2.25. The van der Waals surface area contributed by atoms with Crippen molar-refractivity contribution in [2.75, 3.05) is 23.7 Å². The molecule has 0 aliphatic carbocycles. The molecule has 8 heteroatoms. The molecule has 1 aliphatic rings. The molecule has 35 heavy (non-hydrogen) atoms. The van der Waals surface area contributed by atoms with Gasteiger partial charge in [0.15, 0.2) is 0 Å². The molecule has 1 saturated heterocycles. The number of benzene rings is 3. The number of nitrogens with one attached hydrogen (secondary N) is 1. The fourth-order valence-corrected chi connectivity index (χ4v) is 4.61. The average Bonchev–Trinajstić information content (AvgIpc) is 3.32. The van der Waals surface area contributed by atoms with Crippen LogP contribution in [0.1, 0.15) is 34.8 Å². The summed E-state index contributed by atoms with van der Waals surface area (Å²) in [4.78, 5) is 15.9. The molecule has 1 atom stereocenters. The number of carbonyl (C=O) groups is 1. The molecule has 3 aromatic rings. The van der Waals surface area contributed by atoms with Gasteiger partial charge in [-0.3, -0.25) is 4.79 Å². The molecule has 0 spiro atoms. The Hall–Kier alpha value is -3.13. The zero-order valence-corrected chi connectivity index (χ0v) is 20.2. The van der Waals surface area contributed by atoms with Gasteiger partial charge in [0.05, 0.1) is 12.1 Å². The topological polar surface area (TPSA) is 41.6 Å². The van der Waals surface area contributed by atoms with Crippen LogP contribution in [0.2, 0.25) is 0 Å². The minimum Gasteiger partial charge on any atom is -0.489 e. The van der Waals surface area contributed by atoms with Gasteiger partial charge in [0, 0.05) is 35.7 Å². The second kappa shape index (κ2) is 11.1. The molecule has 4 nitrogen and oxygen atoms in total. The molecule has 0 radical (unpaired) electrons. The first-order valence-corrected chi connectivity index (χ1v) is 12.5. The Morgan fingerprint density at radius 1 is 1.03 bits per heavy atom. The molecule has 1 N–H and O–H groups in total. The maximum Gasteiger partial charge on any atom is 0.416 e. The van der Waals surface area contributed by atoms with Crippen LogP contribution in [-0.4, -0.2) is 30.9 Å². The van der Waals surface area contributed by atoms with Crippen LogP contribution in [0.3, 0.4) is 0 Å². The van der Waals surface area contributed by atoms with Crippen molar-refractivity contribution in [1.82, 2.24) is 5.32 Å². The van der Waals surface area contributed by atoms with Crippen LogP contribution in [-0.2, 0) is 12.7 Å². The van der Waals surface area contributed by atoms with Gasteiger partial charge >= 0.3 is 6.18 Å². The van der Waals surface area contributed by atoms with E-state index in [9.17, 15) is 18.0 Å². The van der Waals surface area contributed by atoms with Crippen LogP contribution < -0.4 is 15.0 Å². The zero-order chi connectivity index (χ0) is 24.8. The van der Waals surface area contributed by atoms with Crippen LogP contribution in [0.25, 0.3) is 0 Å². The molecule has 0 bridgehead atoms. The molecule has 1 fully saturated rings. The first-order chi connectivity index (χ1) is 16.8. The fourth-order valence-electron chi connectivity index (χ4n) is 3.95. The highest BCUT2D eigenvalue weighted by Gasteiger charge is 2.30. The Balaban J connectivity index is 1.27. The minimum absolute atomic E-state index is 0.114. The van der Waals surface area contributed by atoms with E-state index in [1.165, 1.54) is 17.0 Å². The second-order valence-corrected chi connectivity index (χ2v) is 9.64. The van der Waals surface area contributed by atoms with E-state index >= 15 is 0 Å². The van der Waals surface area contributed by atoms with Gasteiger partial charge in [0.1, 0.15) is 11.9 Å². The molecule has 4 rings (SSSR count). The standard InChI is InChI=1S/C27H27F3N2O2S/c1-2-35-25-13-3-19(4-14-25)17-31-26(33)20-5-9-22(10-6-20)32-16-15-24(18-32)34-23-11-7-21(8-12-23)27(28,29)30/h3-14,24H,2,15-18H2,1H3,(H,31,33). The van der Waals surface area contributed by atoms with E-state index in [1.807, 2.05) is 24.3 Å². The van der Waals surface area contributed by atoms with Crippen LogP contribution >= 0.6 is 11.8 Å². The third-order valence-corrected chi connectivity index (χ3v) is 6.71. The van der Waals surface area contributed by atoms with E-state index < -0.39 is 11.7 Å². The number of halogens is 3. The van der Waals surface area contributed by atoms with Crippen LogP contribution in [0.5, 0.6) is 5.75 Å². The Kier molecular flexibility index (Phi) is 7.90. The third kappa shape index (κ3) is 6.72. The van der Waals surface area contributed by atoms with Gasteiger partial charge in [-0.15, -0.1) is 11.8 Å². The van der Waals surface area contributed by atoms with Gasteiger partial charge < -0.3 is 15.0 Å². The van der Waals surface area contributed by atoms with Crippen molar-refractivity contribution >= 4 is 23.4 Å². The summed E-state index contributed by atoms with van der Waals surface area (Å²) in [7, 11) is 0. The van der Waals surface area contributed by atoms with Gasteiger partial charge in [-0.05, 0) is 72.0 Å². The van der Waals surface area contributed by atoms with Crippen molar-refractivity contribution in [2.45, 2.75) is 37.1 Å². The van der Waals surface area contributed by atoms with E-state index in [0.29, 0.717) is 24.4 Å². The summed E-state index contributed by atoms with van der Waals surface area (Å²) in [6, 6.07) is 20.4. The number of amides is 1. The molecular weight excluding hydrogens is 473 g/mol. The molecule has 1 unspecified atom stereocenters. The third-order valence-electron chi connectivity index (χ3n) is 5.81. The van der Waals surface area contributed by atoms with E-state index in [0.717, 1.165) is 42.1 Å². The first kappa shape index (κ1) is 25.0. The predicted octanol–water partition coefficient (Wildman–Crippen LogP) is 6.41. The Labute approximate surface area is 207 Å². The number of ether oxygens (including phenoxy) is 1. The van der Waals surface area contributed by atoms with Crippen molar-refractivity contribution < 1.29 is 22.7 Å². The normalized spacial score (nSPS) is 15.8. The highest BCUT2D eigenvalue weighted by atomic mass is 32.2. The molecule has 0 aromatic heterocycles. The SMILES string of the molecule is CCSc1ccc(CNC(=O)c2ccc(N3CCC(Oc4ccc(C(F)(F)F)cc4)C3)cc2)cc1. The number of thioether (sulfide) groups is 1. The first-order valence-electron chi connectivity index (χ1n) is 11.5. The molecule has 3 aromatic carbocycles. The van der Waals surface area contributed by atoms with Crippen LogP contribution in [0.4, 0.5) is 18.9 Å². The number of nitrogens with zero attached hydrogens (tertiary/aromatic N) is 1. The summed E-state index contributed by atoms with van der Waals surface area (Å²) in [6.45, 7) is 3.97. The molecule has 1 aliphatic heterocycles. The van der Waals surface area contributed by atoms with Gasteiger partial charge in [0.2, 0.25) is 0 Å². The summed E-state index contributed by atoms with van der Waals surface area (Å²) in [6.07, 6.45) is -3.71. The summed E-state index contributed by atoms with van der Waals surface area (Å²) in [5.74, 6) is 1.32. The lowest BCUT2D eigenvalue weighted by Gasteiger charge is -2.19. The highest BCUT2D eigenvalue weighted by molar-refractivity contribution is 7.99. The van der Waals surface area contributed by atoms with Crippen molar-refractivity contribution in [2.24, 2.45) is 0 Å².